The molecule has 21 heavy (non-hydrogen) atoms. The average molecular weight is 287 g/mol. The van der Waals surface area contributed by atoms with Crippen LogP contribution in [0.4, 0.5) is 0 Å². The lowest BCUT2D eigenvalue weighted by molar-refractivity contribution is 0.327. The van der Waals surface area contributed by atoms with Gasteiger partial charge in [0.05, 0.1) is 7.11 Å². The van der Waals surface area contributed by atoms with Crippen LogP contribution in [0.15, 0.2) is 28.8 Å². The Hall–Kier alpha value is -1.88. The fourth-order valence-corrected chi connectivity index (χ4v) is 3.01. The summed E-state index contributed by atoms with van der Waals surface area (Å²) in [6.07, 6.45) is 5.74. The van der Waals surface area contributed by atoms with Crippen molar-refractivity contribution in [2.24, 2.45) is 5.73 Å². The molecule has 1 saturated carbocycles. The topological polar surface area (TPSA) is 74.2 Å². The van der Waals surface area contributed by atoms with E-state index < -0.39 is 0 Å². The van der Waals surface area contributed by atoms with Crippen LogP contribution in [0.25, 0.3) is 0 Å². The summed E-state index contributed by atoms with van der Waals surface area (Å²) in [7, 11) is 1.67. The Morgan fingerprint density at radius 3 is 2.81 bits per heavy atom. The van der Waals surface area contributed by atoms with Crippen LogP contribution in [-0.2, 0) is 12.8 Å². The molecule has 1 aromatic carbocycles. The van der Waals surface area contributed by atoms with E-state index in [0.717, 1.165) is 24.2 Å². The van der Waals surface area contributed by atoms with Crippen molar-refractivity contribution in [3.63, 3.8) is 0 Å². The fourth-order valence-electron chi connectivity index (χ4n) is 3.01. The molecule has 2 aromatic rings. The van der Waals surface area contributed by atoms with Gasteiger partial charge in [0.15, 0.2) is 5.82 Å². The molecule has 0 spiro atoms. The smallest absolute Gasteiger partial charge is 0.228 e. The largest absolute Gasteiger partial charge is 0.496 e. The second-order valence-electron chi connectivity index (χ2n) is 5.84. The highest BCUT2D eigenvalue weighted by Crippen LogP contribution is 2.30. The van der Waals surface area contributed by atoms with Gasteiger partial charge in [-0.15, -0.1) is 0 Å². The molecule has 0 radical (unpaired) electrons. The molecule has 0 aliphatic heterocycles. The van der Waals surface area contributed by atoms with Crippen LogP contribution in [0, 0.1) is 0 Å². The average Bonchev–Trinajstić information content (AvgIpc) is 3.09. The summed E-state index contributed by atoms with van der Waals surface area (Å²) in [6, 6.07) is 7.87. The number of hydrogen-bond acceptors (Lipinski definition) is 5. The molecule has 112 valence electrons. The number of nitrogens with two attached hydrogens (primary N) is 1. The van der Waals surface area contributed by atoms with Crippen LogP contribution < -0.4 is 10.5 Å². The van der Waals surface area contributed by atoms with Crippen molar-refractivity contribution in [1.29, 1.82) is 0 Å². The van der Waals surface area contributed by atoms with Crippen molar-refractivity contribution in [2.75, 3.05) is 7.11 Å². The Labute approximate surface area is 124 Å². The molecule has 0 atom stereocenters. The van der Waals surface area contributed by atoms with Gasteiger partial charge in [-0.05, 0) is 18.9 Å². The summed E-state index contributed by atoms with van der Waals surface area (Å²) in [5.74, 6) is 2.16. The minimum atomic E-state index is -0.158. The van der Waals surface area contributed by atoms with Crippen molar-refractivity contribution >= 4 is 0 Å². The molecule has 3 rings (SSSR count). The minimum Gasteiger partial charge on any atom is -0.496 e. The SMILES string of the molecule is COc1ccccc1Cc1noc(CC2(N)CCCC2)n1. The van der Waals surface area contributed by atoms with Crippen molar-refractivity contribution in [3.8, 4) is 5.75 Å². The number of hydrogen-bond donors (Lipinski definition) is 1. The maximum absolute atomic E-state index is 6.35. The van der Waals surface area contributed by atoms with Crippen LogP contribution >= 0.6 is 0 Å². The molecule has 0 bridgehead atoms. The van der Waals surface area contributed by atoms with E-state index in [9.17, 15) is 0 Å². The van der Waals surface area contributed by atoms with E-state index in [1.807, 2.05) is 24.3 Å². The number of nitrogens with zero attached hydrogens (tertiary/aromatic N) is 2. The van der Waals surface area contributed by atoms with Crippen molar-refractivity contribution < 1.29 is 9.26 Å². The summed E-state index contributed by atoms with van der Waals surface area (Å²) in [6.45, 7) is 0. The van der Waals surface area contributed by atoms with Crippen molar-refractivity contribution in [1.82, 2.24) is 10.1 Å². The molecule has 5 heteroatoms. The lowest BCUT2D eigenvalue weighted by atomic mass is 9.95. The Balaban J connectivity index is 1.70. The zero-order valence-electron chi connectivity index (χ0n) is 12.3. The lowest BCUT2D eigenvalue weighted by Crippen LogP contribution is -2.38. The van der Waals surface area contributed by atoms with Crippen molar-refractivity contribution in [3.05, 3.63) is 41.5 Å². The van der Waals surface area contributed by atoms with E-state index in [4.69, 9.17) is 15.0 Å². The highest BCUT2D eigenvalue weighted by atomic mass is 16.5. The van der Waals surface area contributed by atoms with Gasteiger partial charge in [-0.25, -0.2) is 0 Å². The number of methoxy groups -OCH3 is 1. The van der Waals surface area contributed by atoms with Crippen LogP contribution in [0.3, 0.4) is 0 Å². The zero-order valence-corrected chi connectivity index (χ0v) is 12.3. The van der Waals surface area contributed by atoms with Crippen LogP contribution in [-0.4, -0.2) is 22.8 Å². The number of aromatic nitrogens is 2. The molecule has 1 heterocycles. The lowest BCUT2D eigenvalue weighted by Gasteiger charge is -2.20. The first-order valence-electron chi connectivity index (χ1n) is 7.41. The molecule has 0 saturated heterocycles. The molecular formula is C16H21N3O2. The Bertz CT molecular complexity index is 603. The Morgan fingerprint density at radius 2 is 2.05 bits per heavy atom. The highest BCUT2D eigenvalue weighted by Gasteiger charge is 2.31. The Kier molecular flexibility index (Phi) is 3.92. The van der Waals surface area contributed by atoms with Crippen LogP contribution in [0.1, 0.15) is 43.0 Å². The molecule has 1 aliphatic carbocycles. The van der Waals surface area contributed by atoms with E-state index in [2.05, 4.69) is 10.1 Å². The quantitative estimate of drug-likeness (QED) is 0.914. The third-order valence-electron chi connectivity index (χ3n) is 4.15. The van der Waals surface area contributed by atoms with Gasteiger partial charge in [0.25, 0.3) is 0 Å². The summed E-state index contributed by atoms with van der Waals surface area (Å²) >= 11 is 0. The zero-order chi connectivity index (χ0) is 14.7. The van der Waals surface area contributed by atoms with Gasteiger partial charge in [-0.2, -0.15) is 4.98 Å². The summed E-state index contributed by atoms with van der Waals surface area (Å²) < 4.78 is 10.7. The molecule has 2 N–H and O–H groups in total. The number of benzene rings is 1. The van der Waals surface area contributed by atoms with E-state index >= 15 is 0 Å². The van der Waals surface area contributed by atoms with Crippen LogP contribution in [0.5, 0.6) is 5.75 Å². The van der Waals surface area contributed by atoms with Crippen LogP contribution in [0.2, 0.25) is 0 Å². The normalized spacial score (nSPS) is 17.0. The second-order valence-corrected chi connectivity index (χ2v) is 5.84. The predicted molar refractivity (Wildman–Crippen MR) is 79.2 cm³/mol. The maximum atomic E-state index is 6.35. The van der Waals surface area contributed by atoms with Crippen molar-refractivity contribution in [2.45, 2.75) is 44.1 Å². The number of rotatable bonds is 5. The first-order chi connectivity index (χ1) is 10.2. The van der Waals surface area contributed by atoms with Gasteiger partial charge in [0.1, 0.15) is 5.75 Å². The first-order valence-corrected chi connectivity index (χ1v) is 7.41. The number of para-hydroxylation sites is 1. The summed E-state index contributed by atoms with van der Waals surface area (Å²) in [5, 5.41) is 4.06. The third kappa shape index (κ3) is 3.24. The molecular weight excluding hydrogens is 266 g/mol. The van der Waals surface area contributed by atoms with E-state index in [1.165, 1.54) is 12.8 Å². The predicted octanol–water partition coefficient (Wildman–Crippen LogP) is 2.48. The second kappa shape index (κ2) is 5.85. The highest BCUT2D eigenvalue weighted by molar-refractivity contribution is 5.35. The summed E-state index contributed by atoms with van der Waals surface area (Å²) in [5.41, 5.74) is 7.24. The molecule has 1 aromatic heterocycles. The van der Waals surface area contributed by atoms with Gasteiger partial charge in [0, 0.05) is 23.9 Å². The molecule has 1 fully saturated rings. The Morgan fingerprint density at radius 1 is 1.29 bits per heavy atom. The van der Waals surface area contributed by atoms with Gasteiger partial charge < -0.3 is 15.0 Å². The monoisotopic (exact) mass is 287 g/mol. The van der Waals surface area contributed by atoms with E-state index in [1.54, 1.807) is 7.11 Å². The third-order valence-corrected chi connectivity index (χ3v) is 4.15. The molecule has 0 amide bonds. The standard InChI is InChI=1S/C16H21N3O2/c1-20-13-7-3-2-6-12(13)10-14-18-15(21-19-14)11-16(17)8-4-5-9-16/h2-3,6-7H,4-5,8-11,17H2,1H3. The van der Waals surface area contributed by atoms with Gasteiger partial charge in [-0.1, -0.05) is 36.2 Å². The maximum Gasteiger partial charge on any atom is 0.228 e. The van der Waals surface area contributed by atoms with E-state index in [0.29, 0.717) is 24.6 Å². The van der Waals surface area contributed by atoms with Gasteiger partial charge in [0.2, 0.25) is 5.89 Å². The number of ether oxygens (including phenoxy) is 1. The minimum absolute atomic E-state index is 0.158. The molecule has 0 unspecified atom stereocenters. The van der Waals surface area contributed by atoms with Gasteiger partial charge in [-0.3, -0.25) is 0 Å². The molecule has 1 aliphatic rings. The fraction of sp³-hybridized carbons (Fsp3) is 0.500. The van der Waals surface area contributed by atoms with Gasteiger partial charge >= 0.3 is 0 Å². The van der Waals surface area contributed by atoms with E-state index in [-0.39, 0.29) is 5.54 Å². The first kappa shape index (κ1) is 14.1. The summed E-state index contributed by atoms with van der Waals surface area (Å²) in [4.78, 5) is 4.48. The molecule has 5 nitrogen and oxygen atoms in total.